The van der Waals surface area contributed by atoms with E-state index in [9.17, 15) is 9.59 Å². The van der Waals surface area contributed by atoms with Gasteiger partial charge >= 0.3 is 11.8 Å². The summed E-state index contributed by atoms with van der Waals surface area (Å²) in [6.45, 7) is 2.58. The summed E-state index contributed by atoms with van der Waals surface area (Å²) in [4.78, 5) is 24.3. The maximum atomic E-state index is 11.5. The second-order valence-electron chi connectivity index (χ2n) is 3.86. The molecule has 4 nitrogen and oxygen atoms in total. The highest BCUT2D eigenvalue weighted by molar-refractivity contribution is 6.35. The van der Waals surface area contributed by atoms with Gasteiger partial charge in [-0.2, -0.15) is 0 Å². The van der Waals surface area contributed by atoms with Crippen LogP contribution in [0.15, 0.2) is 0 Å². The van der Waals surface area contributed by atoms with Crippen molar-refractivity contribution in [2.24, 2.45) is 0 Å². The lowest BCUT2D eigenvalue weighted by Gasteiger charge is -2.43. The van der Waals surface area contributed by atoms with Crippen LogP contribution in [-0.4, -0.2) is 35.3 Å². The number of carbonyl (C=O) groups is 2. The first-order valence-electron chi connectivity index (χ1n) is 4.80. The van der Waals surface area contributed by atoms with Crippen LogP contribution in [-0.2, 0) is 9.59 Å². The van der Waals surface area contributed by atoms with Gasteiger partial charge in [-0.05, 0) is 26.2 Å². The zero-order chi connectivity index (χ0) is 9.42. The first-order valence-corrected chi connectivity index (χ1v) is 4.80. The van der Waals surface area contributed by atoms with Crippen molar-refractivity contribution in [1.29, 1.82) is 0 Å². The fraction of sp³-hybridized carbons (Fsp3) is 0.778. The molecule has 1 N–H and O–H groups in total. The minimum Gasteiger partial charge on any atom is -0.346 e. The number of nitrogens with zero attached hydrogens (tertiary/aromatic N) is 1. The highest BCUT2D eigenvalue weighted by atomic mass is 16.2. The van der Waals surface area contributed by atoms with Gasteiger partial charge in [0.05, 0.1) is 0 Å². The summed E-state index contributed by atoms with van der Waals surface area (Å²) in [7, 11) is 0. The van der Waals surface area contributed by atoms with Crippen molar-refractivity contribution in [3.8, 4) is 0 Å². The Hall–Kier alpha value is -1.06. The lowest BCUT2D eigenvalue weighted by atomic mass is 9.89. The van der Waals surface area contributed by atoms with Crippen LogP contribution in [0, 0.1) is 0 Å². The highest BCUT2D eigenvalue weighted by Crippen LogP contribution is 2.27. The molecule has 1 saturated carbocycles. The fourth-order valence-corrected chi connectivity index (χ4v) is 1.92. The van der Waals surface area contributed by atoms with Crippen molar-refractivity contribution in [3.63, 3.8) is 0 Å². The zero-order valence-corrected chi connectivity index (χ0v) is 7.75. The minimum atomic E-state index is -0.440. The molecule has 0 aromatic heterocycles. The van der Waals surface area contributed by atoms with Crippen LogP contribution in [0.3, 0.4) is 0 Å². The van der Waals surface area contributed by atoms with Gasteiger partial charge in [0.15, 0.2) is 0 Å². The molecule has 4 heteroatoms. The lowest BCUT2D eigenvalue weighted by Crippen LogP contribution is -2.61. The van der Waals surface area contributed by atoms with Gasteiger partial charge in [0.1, 0.15) is 0 Å². The molecule has 2 aliphatic rings. The molecule has 72 valence electrons. The van der Waals surface area contributed by atoms with Crippen LogP contribution in [0.25, 0.3) is 0 Å². The van der Waals surface area contributed by atoms with Crippen molar-refractivity contribution < 1.29 is 9.59 Å². The summed E-state index contributed by atoms with van der Waals surface area (Å²) >= 11 is 0. The summed E-state index contributed by atoms with van der Waals surface area (Å²) in [6.07, 6.45) is 3.30. The van der Waals surface area contributed by atoms with Crippen LogP contribution >= 0.6 is 0 Å². The number of carbonyl (C=O) groups excluding carboxylic acids is 2. The van der Waals surface area contributed by atoms with E-state index in [1.54, 1.807) is 4.90 Å². The van der Waals surface area contributed by atoms with Gasteiger partial charge < -0.3 is 10.2 Å². The molecule has 0 aromatic rings. The molecule has 1 atom stereocenters. The highest BCUT2D eigenvalue weighted by Gasteiger charge is 2.38. The lowest BCUT2D eigenvalue weighted by molar-refractivity contribution is -0.153. The van der Waals surface area contributed by atoms with Gasteiger partial charge in [-0.1, -0.05) is 0 Å². The summed E-state index contributed by atoms with van der Waals surface area (Å²) < 4.78 is 0. The van der Waals surface area contributed by atoms with E-state index >= 15 is 0 Å². The van der Waals surface area contributed by atoms with E-state index < -0.39 is 5.91 Å². The average molecular weight is 182 g/mol. The smallest absolute Gasteiger partial charge is 0.312 e. The van der Waals surface area contributed by atoms with Crippen LogP contribution in [0.1, 0.15) is 26.2 Å². The first-order chi connectivity index (χ1) is 6.20. The van der Waals surface area contributed by atoms with E-state index in [0.29, 0.717) is 12.6 Å². The van der Waals surface area contributed by atoms with Crippen LogP contribution < -0.4 is 5.32 Å². The van der Waals surface area contributed by atoms with E-state index in [1.807, 2.05) is 6.92 Å². The minimum absolute atomic E-state index is 0.162. The van der Waals surface area contributed by atoms with Crippen LogP contribution in [0.4, 0.5) is 0 Å². The molecule has 1 heterocycles. The molecule has 2 amide bonds. The molecule has 2 rings (SSSR count). The quantitative estimate of drug-likeness (QED) is 0.575. The van der Waals surface area contributed by atoms with Crippen molar-refractivity contribution in [1.82, 2.24) is 10.2 Å². The number of hydrogen-bond acceptors (Lipinski definition) is 2. The Kier molecular flexibility index (Phi) is 1.98. The molecule has 1 saturated heterocycles. The third kappa shape index (κ3) is 1.30. The van der Waals surface area contributed by atoms with Crippen molar-refractivity contribution in [2.45, 2.75) is 38.3 Å². The third-order valence-corrected chi connectivity index (χ3v) is 2.93. The number of rotatable bonds is 1. The van der Waals surface area contributed by atoms with E-state index in [-0.39, 0.29) is 11.9 Å². The summed E-state index contributed by atoms with van der Waals surface area (Å²) in [5.74, 6) is -0.784. The van der Waals surface area contributed by atoms with Gasteiger partial charge in [0.25, 0.3) is 0 Å². The number of nitrogens with one attached hydrogen (secondary N) is 1. The molecule has 0 bridgehead atoms. The van der Waals surface area contributed by atoms with Gasteiger partial charge in [-0.25, -0.2) is 0 Å². The number of hydrogen-bond donors (Lipinski definition) is 1. The molecule has 0 radical (unpaired) electrons. The molecular formula is C9H14N2O2. The monoisotopic (exact) mass is 182 g/mol. The van der Waals surface area contributed by atoms with Crippen molar-refractivity contribution in [2.75, 3.05) is 6.54 Å². The van der Waals surface area contributed by atoms with E-state index in [0.717, 1.165) is 12.8 Å². The maximum absolute atomic E-state index is 11.5. The SMILES string of the molecule is C[C@@H]1CNC(=O)C(=O)N1C1CCC1. The molecule has 13 heavy (non-hydrogen) atoms. The summed E-state index contributed by atoms with van der Waals surface area (Å²) in [5.41, 5.74) is 0. The molecule has 0 spiro atoms. The molecule has 0 unspecified atom stereocenters. The Morgan fingerprint density at radius 2 is 2.08 bits per heavy atom. The van der Waals surface area contributed by atoms with Crippen LogP contribution in [0.5, 0.6) is 0 Å². The molecule has 2 fully saturated rings. The fourth-order valence-electron chi connectivity index (χ4n) is 1.92. The zero-order valence-electron chi connectivity index (χ0n) is 7.75. The van der Waals surface area contributed by atoms with Crippen molar-refractivity contribution in [3.05, 3.63) is 0 Å². The van der Waals surface area contributed by atoms with Gasteiger partial charge in [0, 0.05) is 18.6 Å². The largest absolute Gasteiger partial charge is 0.346 e. The first kappa shape index (κ1) is 8.53. The predicted molar refractivity (Wildman–Crippen MR) is 47.0 cm³/mol. The average Bonchev–Trinajstić information content (AvgIpc) is 2.02. The van der Waals surface area contributed by atoms with Crippen LogP contribution in [0.2, 0.25) is 0 Å². The topological polar surface area (TPSA) is 49.4 Å². The van der Waals surface area contributed by atoms with E-state index in [1.165, 1.54) is 6.42 Å². The second-order valence-corrected chi connectivity index (χ2v) is 3.86. The molecular weight excluding hydrogens is 168 g/mol. The Morgan fingerprint density at radius 3 is 2.62 bits per heavy atom. The normalized spacial score (nSPS) is 29.9. The number of amides is 2. The molecule has 0 aromatic carbocycles. The van der Waals surface area contributed by atoms with Gasteiger partial charge in [-0.15, -0.1) is 0 Å². The van der Waals surface area contributed by atoms with E-state index in [4.69, 9.17) is 0 Å². The Morgan fingerprint density at radius 1 is 1.38 bits per heavy atom. The summed E-state index contributed by atoms with van der Waals surface area (Å²) in [5, 5.41) is 2.58. The van der Waals surface area contributed by atoms with Gasteiger partial charge in [-0.3, -0.25) is 9.59 Å². The third-order valence-electron chi connectivity index (χ3n) is 2.93. The second kappa shape index (κ2) is 3.01. The molecule has 1 aliphatic carbocycles. The van der Waals surface area contributed by atoms with Crippen molar-refractivity contribution >= 4 is 11.8 Å². The van der Waals surface area contributed by atoms with Gasteiger partial charge in [0.2, 0.25) is 0 Å². The predicted octanol–water partition coefficient (Wildman–Crippen LogP) is -0.114. The molecule has 1 aliphatic heterocycles. The number of piperazine rings is 1. The Bertz CT molecular complexity index is 246. The standard InChI is InChI=1S/C9H14N2O2/c1-6-5-10-8(12)9(13)11(6)7-3-2-4-7/h6-7H,2-5H2,1H3,(H,10,12)/t6-/m1/s1. The maximum Gasteiger partial charge on any atom is 0.312 e. The Balaban J connectivity index is 2.11. The Labute approximate surface area is 77.3 Å². The summed E-state index contributed by atoms with van der Waals surface area (Å²) in [6, 6.07) is 0.490. The van der Waals surface area contributed by atoms with E-state index in [2.05, 4.69) is 5.32 Å².